The van der Waals surface area contributed by atoms with Crippen molar-refractivity contribution < 1.29 is 4.79 Å². The summed E-state index contributed by atoms with van der Waals surface area (Å²) in [6.07, 6.45) is 3.66. The van der Waals surface area contributed by atoms with Crippen molar-refractivity contribution in [2.24, 2.45) is 11.3 Å². The molecule has 0 saturated heterocycles. The molecule has 1 amide bonds. The molecule has 3 unspecified atom stereocenters. The van der Waals surface area contributed by atoms with E-state index < -0.39 is 0 Å². The van der Waals surface area contributed by atoms with Crippen LogP contribution in [-0.4, -0.2) is 24.0 Å². The Labute approximate surface area is 112 Å². The molecule has 0 aromatic heterocycles. The number of nitrogens with one attached hydrogen (secondary N) is 2. The molecule has 18 heavy (non-hydrogen) atoms. The van der Waals surface area contributed by atoms with Crippen molar-refractivity contribution in [3.05, 3.63) is 0 Å². The summed E-state index contributed by atoms with van der Waals surface area (Å²) >= 11 is 0. The van der Waals surface area contributed by atoms with Gasteiger partial charge >= 0.3 is 0 Å². The highest BCUT2D eigenvalue weighted by atomic mass is 16.2. The molecule has 3 nitrogen and oxygen atoms in total. The summed E-state index contributed by atoms with van der Waals surface area (Å²) in [5.74, 6) is 0.755. The molecule has 0 aromatic rings. The minimum absolute atomic E-state index is 0.0962. The zero-order valence-electron chi connectivity index (χ0n) is 12.8. The first-order valence-electron chi connectivity index (χ1n) is 7.28. The zero-order chi connectivity index (χ0) is 13.9. The Balaban J connectivity index is 2.45. The molecule has 1 saturated carbocycles. The minimum atomic E-state index is -0.0962. The SMILES string of the molecule is CC(C)NC(=O)C(C)NC1CCC(C)(C)CC1C. The van der Waals surface area contributed by atoms with Gasteiger partial charge in [-0.25, -0.2) is 0 Å². The minimum Gasteiger partial charge on any atom is -0.353 e. The van der Waals surface area contributed by atoms with Gasteiger partial charge < -0.3 is 10.6 Å². The Morgan fingerprint density at radius 2 is 1.89 bits per heavy atom. The van der Waals surface area contributed by atoms with Crippen LogP contribution in [0.5, 0.6) is 0 Å². The van der Waals surface area contributed by atoms with Crippen LogP contribution in [0.15, 0.2) is 0 Å². The Kier molecular flexibility index (Phi) is 5.20. The molecule has 1 fully saturated rings. The number of carbonyl (C=O) groups is 1. The summed E-state index contributed by atoms with van der Waals surface area (Å²) in [5.41, 5.74) is 0.459. The van der Waals surface area contributed by atoms with Gasteiger partial charge in [0.15, 0.2) is 0 Å². The van der Waals surface area contributed by atoms with Gasteiger partial charge in [-0.15, -0.1) is 0 Å². The highest BCUT2D eigenvalue weighted by molar-refractivity contribution is 5.81. The average Bonchev–Trinajstić information content (AvgIpc) is 2.20. The largest absolute Gasteiger partial charge is 0.353 e. The van der Waals surface area contributed by atoms with Crippen molar-refractivity contribution in [3.63, 3.8) is 0 Å². The van der Waals surface area contributed by atoms with E-state index in [9.17, 15) is 4.79 Å². The van der Waals surface area contributed by atoms with Crippen LogP contribution >= 0.6 is 0 Å². The number of hydrogen-bond donors (Lipinski definition) is 2. The fraction of sp³-hybridized carbons (Fsp3) is 0.933. The van der Waals surface area contributed by atoms with Gasteiger partial charge in [0.2, 0.25) is 5.91 Å². The summed E-state index contributed by atoms with van der Waals surface area (Å²) in [6.45, 7) is 12.9. The van der Waals surface area contributed by atoms with Gasteiger partial charge in [-0.05, 0) is 51.4 Å². The van der Waals surface area contributed by atoms with Crippen LogP contribution in [0.2, 0.25) is 0 Å². The summed E-state index contributed by atoms with van der Waals surface area (Å²) in [4.78, 5) is 11.9. The van der Waals surface area contributed by atoms with Gasteiger partial charge in [0, 0.05) is 12.1 Å². The lowest BCUT2D eigenvalue weighted by molar-refractivity contribution is -0.123. The number of amides is 1. The third-order valence-electron chi connectivity index (χ3n) is 3.98. The molecule has 3 atom stereocenters. The molecular formula is C15H30N2O. The summed E-state index contributed by atoms with van der Waals surface area (Å²) in [5, 5.41) is 6.46. The molecule has 0 heterocycles. The van der Waals surface area contributed by atoms with Crippen molar-refractivity contribution in [3.8, 4) is 0 Å². The van der Waals surface area contributed by atoms with Gasteiger partial charge in [-0.1, -0.05) is 20.8 Å². The van der Waals surface area contributed by atoms with Crippen LogP contribution in [-0.2, 0) is 4.79 Å². The standard InChI is InChI=1S/C15H30N2O/c1-10(2)16-14(18)12(4)17-13-7-8-15(5,6)9-11(13)3/h10-13,17H,7-9H2,1-6H3,(H,16,18). The van der Waals surface area contributed by atoms with Crippen LogP contribution in [0.25, 0.3) is 0 Å². The van der Waals surface area contributed by atoms with Crippen LogP contribution in [0, 0.1) is 11.3 Å². The molecule has 1 aliphatic carbocycles. The topological polar surface area (TPSA) is 41.1 Å². The van der Waals surface area contributed by atoms with Gasteiger partial charge in [0.1, 0.15) is 0 Å². The maximum absolute atomic E-state index is 11.9. The first-order valence-corrected chi connectivity index (χ1v) is 7.28. The van der Waals surface area contributed by atoms with Crippen LogP contribution < -0.4 is 10.6 Å². The molecule has 1 rings (SSSR count). The number of rotatable bonds is 4. The Morgan fingerprint density at radius 3 is 2.39 bits per heavy atom. The van der Waals surface area contributed by atoms with Crippen molar-refractivity contribution in [2.75, 3.05) is 0 Å². The molecule has 3 heteroatoms. The van der Waals surface area contributed by atoms with E-state index >= 15 is 0 Å². The molecule has 0 spiro atoms. The third-order valence-corrected chi connectivity index (χ3v) is 3.98. The maximum Gasteiger partial charge on any atom is 0.237 e. The van der Waals surface area contributed by atoms with E-state index in [0.717, 1.165) is 0 Å². The van der Waals surface area contributed by atoms with E-state index in [4.69, 9.17) is 0 Å². The van der Waals surface area contributed by atoms with Gasteiger partial charge in [0.05, 0.1) is 6.04 Å². The average molecular weight is 254 g/mol. The van der Waals surface area contributed by atoms with Crippen molar-refractivity contribution >= 4 is 5.91 Å². The molecule has 0 aliphatic heterocycles. The van der Waals surface area contributed by atoms with Gasteiger partial charge in [0.25, 0.3) is 0 Å². The predicted molar refractivity (Wildman–Crippen MR) is 76.5 cm³/mol. The number of hydrogen-bond acceptors (Lipinski definition) is 2. The fourth-order valence-electron chi connectivity index (χ4n) is 3.00. The Morgan fingerprint density at radius 1 is 1.28 bits per heavy atom. The smallest absolute Gasteiger partial charge is 0.237 e. The predicted octanol–water partition coefficient (Wildman–Crippen LogP) is 2.70. The lowest BCUT2D eigenvalue weighted by atomic mass is 9.70. The molecular weight excluding hydrogens is 224 g/mol. The molecule has 0 radical (unpaired) electrons. The van der Waals surface area contributed by atoms with Crippen LogP contribution in [0.4, 0.5) is 0 Å². The van der Waals surface area contributed by atoms with E-state index in [1.807, 2.05) is 20.8 Å². The van der Waals surface area contributed by atoms with Crippen LogP contribution in [0.3, 0.4) is 0 Å². The lowest BCUT2D eigenvalue weighted by Crippen LogP contribution is -2.51. The summed E-state index contributed by atoms with van der Waals surface area (Å²) in [6, 6.07) is 0.594. The quantitative estimate of drug-likeness (QED) is 0.810. The number of carbonyl (C=O) groups excluding carboxylic acids is 1. The highest BCUT2D eigenvalue weighted by Gasteiger charge is 2.33. The molecule has 1 aliphatic rings. The molecule has 0 aromatic carbocycles. The second-order valence-electron chi connectivity index (χ2n) is 7.04. The maximum atomic E-state index is 11.9. The monoisotopic (exact) mass is 254 g/mol. The van der Waals surface area contributed by atoms with Gasteiger partial charge in [-0.2, -0.15) is 0 Å². The molecule has 2 N–H and O–H groups in total. The van der Waals surface area contributed by atoms with E-state index in [2.05, 4.69) is 31.4 Å². The first kappa shape index (κ1) is 15.5. The second kappa shape index (κ2) is 6.05. The van der Waals surface area contributed by atoms with E-state index in [-0.39, 0.29) is 18.0 Å². The molecule has 0 bridgehead atoms. The van der Waals surface area contributed by atoms with Crippen molar-refractivity contribution in [1.29, 1.82) is 0 Å². The van der Waals surface area contributed by atoms with E-state index in [1.54, 1.807) is 0 Å². The first-order chi connectivity index (χ1) is 8.21. The lowest BCUT2D eigenvalue weighted by Gasteiger charge is -2.40. The van der Waals surface area contributed by atoms with Crippen molar-refractivity contribution in [2.45, 2.75) is 78.9 Å². The second-order valence-corrected chi connectivity index (χ2v) is 7.04. The Bertz CT molecular complexity index is 286. The molecule has 106 valence electrons. The third kappa shape index (κ3) is 4.60. The van der Waals surface area contributed by atoms with Crippen LogP contribution in [0.1, 0.15) is 60.8 Å². The van der Waals surface area contributed by atoms with E-state index in [0.29, 0.717) is 17.4 Å². The van der Waals surface area contributed by atoms with E-state index in [1.165, 1.54) is 19.3 Å². The summed E-state index contributed by atoms with van der Waals surface area (Å²) in [7, 11) is 0. The normalized spacial score (nSPS) is 29.1. The summed E-state index contributed by atoms with van der Waals surface area (Å²) < 4.78 is 0. The van der Waals surface area contributed by atoms with Crippen molar-refractivity contribution in [1.82, 2.24) is 10.6 Å². The van der Waals surface area contributed by atoms with Gasteiger partial charge in [-0.3, -0.25) is 4.79 Å². The zero-order valence-corrected chi connectivity index (χ0v) is 12.8. The highest BCUT2D eigenvalue weighted by Crippen LogP contribution is 2.38. The fourth-order valence-corrected chi connectivity index (χ4v) is 3.00. The Hall–Kier alpha value is -0.570.